The van der Waals surface area contributed by atoms with Crippen molar-refractivity contribution >= 4 is 5.97 Å². The second-order valence-corrected chi connectivity index (χ2v) is 3.98. The van der Waals surface area contributed by atoms with Gasteiger partial charge in [-0.15, -0.1) is 0 Å². The molecule has 1 unspecified atom stereocenters. The van der Waals surface area contributed by atoms with Crippen molar-refractivity contribution < 1.29 is 14.3 Å². The van der Waals surface area contributed by atoms with Crippen LogP contribution < -0.4 is 5.32 Å². The van der Waals surface area contributed by atoms with Crippen molar-refractivity contribution in [2.75, 3.05) is 27.4 Å². The summed E-state index contributed by atoms with van der Waals surface area (Å²) in [6, 6.07) is -0.353. The molecule has 0 spiro atoms. The van der Waals surface area contributed by atoms with Crippen LogP contribution in [-0.2, 0) is 14.3 Å². The molecule has 4 heteroatoms. The van der Waals surface area contributed by atoms with E-state index in [0.29, 0.717) is 19.1 Å². The van der Waals surface area contributed by atoms with Crippen LogP contribution in [0.3, 0.4) is 0 Å². The van der Waals surface area contributed by atoms with Gasteiger partial charge in [-0.2, -0.15) is 0 Å². The molecule has 0 radical (unpaired) electrons. The average molecular weight is 217 g/mol. The molecule has 0 aliphatic carbocycles. The molecule has 4 nitrogen and oxygen atoms in total. The molecular weight excluding hydrogens is 194 g/mol. The van der Waals surface area contributed by atoms with E-state index in [4.69, 9.17) is 4.74 Å². The summed E-state index contributed by atoms with van der Waals surface area (Å²) in [5.41, 5.74) is 0. The highest BCUT2D eigenvalue weighted by atomic mass is 16.5. The third-order valence-electron chi connectivity index (χ3n) is 2.19. The first-order valence-corrected chi connectivity index (χ1v) is 5.44. The Labute approximate surface area is 92.3 Å². The maximum Gasteiger partial charge on any atom is 0.325 e. The third kappa shape index (κ3) is 7.33. The summed E-state index contributed by atoms with van der Waals surface area (Å²) in [7, 11) is 3.10. The topological polar surface area (TPSA) is 47.6 Å². The van der Waals surface area contributed by atoms with Crippen LogP contribution in [-0.4, -0.2) is 39.4 Å². The fourth-order valence-electron chi connectivity index (χ4n) is 1.21. The van der Waals surface area contributed by atoms with Gasteiger partial charge in [0.2, 0.25) is 0 Å². The minimum atomic E-state index is -0.353. The number of methoxy groups -OCH3 is 1. The molecular formula is C11H23NO3. The third-order valence-corrected chi connectivity index (χ3v) is 2.19. The first kappa shape index (κ1) is 14.4. The maximum atomic E-state index is 11.2. The van der Waals surface area contributed by atoms with Crippen LogP contribution in [0.5, 0.6) is 0 Å². The van der Waals surface area contributed by atoms with E-state index >= 15 is 0 Å². The number of likely N-dealkylation sites (N-methyl/N-ethyl adjacent to an activating group) is 1. The number of ether oxygens (including phenoxy) is 2. The van der Waals surface area contributed by atoms with Gasteiger partial charge in [0.15, 0.2) is 0 Å². The SMILES string of the molecule is CNC(COCCCC(C)C)C(=O)OC. The quantitative estimate of drug-likeness (QED) is 0.490. The molecule has 0 heterocycles. The number of hydrogen-bond acceptors (Lipinski definition) is 4. The predicted octanol–water partition coefficient (Wildman–Crippen LogP) is 1.20. The molecule has 1 N–H and O–H groups in total. The molecule has 0 aromatic carbocycles. The fourth-order valence-corrected chi connectivity index (χ4v) is 1.21. The number of nitrogens with one attached hydrogen (secondary N) is 1. The van der Waals surface area contributed by atoms with Crippen molar-refractivity contribution in [3.05, 3.63) is 0 Å². The lowest BCUT2D eigenvalue weighted by Gasteiger charge is -2.13. The molecule has 0 aliphatic rings. The Hall–Kier alpha value is -0.610. The standard InChI is InChI=1S/C11H23NO3/c1-9(2)6-5-7-15-8-10(12-3)11(13)14-4/h9-10,12H,5-8H2,1-4H3. The van der Waals surface area contributed by atoms with E-state index in [2.05, 4.69) is 23.9 Å². The van der Waals surface area contributed by atoms with Gasteiger partial charge in [-0.1, -0.05) is 13.8 Å². The van der Waals surface area contributed by atoms with Crippen molar-refractivity contribution in [2.45, 2.75) is 32.7 Å². The van der Waals surface area contributed by atoms with Crippen LogP contribution in [0.25, 0.3) is 0 Å². The Balaban J connectivity index is 3.51. The number of hydrogen-bond donors (Lipinski definition) is 1. The highest BCUT2D eigenvalue weighted by Crippen LogP contribution is 2.03. The highest BCUT2D eigenvalue weighted by molar-refractivity contribution is 5.75. The number of esters is 1. The summed E-state index contributed by atoms with van der Waals surface area (Å²) < 4.78 is 10.0. The smallest absolute Gasteiger partial charge is 0.325 e. The zero-order chi connectivity index (χ0) is 11.7. The Bertz CT molecular complexity index is 171. The van der Waals surface area contributed by atoms with E-state index in [1.807, 2.05) is 0 Å². The highest BCUT2D eigenvalue weighted by Gasteiger charge is 2.16. The van der Waals surface area contributed by atoms with Crippen LogP contribution in [0.15, 0.2) is 0 Å². The van der Waals surface area contributed by atoms with Gasteiger partial charge in [-0.3, -0.25) is 4.79 Å². The van der Waals surface area contributed by atoms with Gasteiger partial charge in [0, 0.05) is 6.61 Å². The summed E-state index contributed by atoms with van der Waals surface area (Å²) >= 11 is 0. The second kappa shape index (κ2) is 8.68. The molecule has 0 amide bonds. The van der Waals surface area contributed by atoms with Crippen molar-refractivity contribution in [2.24, 2.45) is 5.92 Å². The molecule has 0 aliphatic heterocycles. The van der Waals surface area contributed by atoms with Gasteiger partial charge in [0.05, 0.1) is 13.7 Å². The Kier molecular flexibility index (Phi) is 8.33. The van der Waals surface area contributed by atoms with E-state index in [-0.39, 0.29) is 12.0 Å². The minimum absolute atomic E-state index is 0.277. The van der Waals surface area contributed by atoms with Gasteiger partial charge in [0.1, 0.15) is 6.04 Å². The summed E-state index contributed by atoms with van der Waals surface area (Å²) in [6.45, 7) is 5.45. The number of carbonyl (C=O) groups is 1. The van der Waals surface area contributed by atoms with Crippen LogP contribution in [0.2, 0.25) is 0 Å². The van der Waals surface area contributed by atoms with Gasteiger partial charge < -0.3 is 14.8 Å². The normalized spacial score (nSPS) is 12.9. The van der Waals surface area contributed by atoms with Crippen LogP contribution in [0.1, 0.15) is 26.7 Å². The van der Waals surface area contributed by atoms with Crippen molar-refractivity contribution in [3.63, 3.8) is 0 Å². The number of rotatable bonds is 8. The second-order valence-electron chi connectivity index (χ2n) is 3.98. The van der Waals surface area contributed by atoms with E-state index in [9.17, 15) is 4.79 Å². The molecule has 0 aromatic rings. The fraction of sp³-hybridized carbons (Fsp3) is 0.909. The Morgan fingerprint density at radius 3 is 2.53 bits per heavy atom. The number of carbonyl (C=O) groups excluding carboxylic acids is 1. The summed E-state index contributed by atoms with van der Waals surface area (Å²) in [5, 5.41) is 2.85. The molecule has 0 fully saturated rings. The lowest BCUT2D eigenvalue weighted by molar-refractivity contribution is -0.144. The first-order valence-electron chi connectivity index (χ1n) is 5.44. The first-order chi connectivity index (χ1) is 7.11. The zero-order valence-corrected chi connectivity index (χ0v) is 10.2. The van der Waals surface area contributed by atoms with Crippen molar-refractivity contribution in [3.8, 4) is 0 Å². The van der Waals surface area contributed by atoms with Crippen molar-refractivity contribution in [1.29, 1.82) is 0 Å². The molecule has 90 valence electrons. The molecule has 0 aromatic heterocycles. The van der Waals surface area contributed by atoms with Crippen LogP contribution in [0, 0.1) is 5.92 Å². The maximum absolute atomic E-state index is 11.2. The van der Waals surface area contributed by atoms with E-state index < -0.39 is 0 Å². The lowest BCUT2D eigenvalue weighted by Crippen LogP contribution is -2.39. The predicted molar refractivity (Wildman–Crippen MR) is 59.8 cm³/mol. The average Bonchev–Trinajstić information content (AvgIpc) is 2.22. The van der Waals surface area contributed by atoms with Gasteiger partial charge in [-0.25, -0.2) is 0 Å². The summed E-state index contributed by atoms with van der Waals surface area (Å²) in [5.74, 6) is 0.427. The largest absolute Gasteiger partial charge is 0.468 e. The monoisotopic (exact) mass is 217 g/mol. The van der Waals surface area contributed by atoms with E-state index in [1.54, 1.807) is 7.05 Å². The van der Waals surface area contributed by atoms with E-state index in [1.165, 1.54) is 7.11 Å². The Morgan fingerprint density at radius 1 is 1.40 bits per heavy atom. The zero-order valence-electron chi connectivity index (χ0n) is 10.2. The summed E-state index contributed by atoms with van der Waals surface area (Å²) in [4.78, 5) is 11.2. The van der Waals surface area contributed by atoms with E-state index in [0.717, 1.165) is 12.8 Å². The van der Waals surface area contributed by atoms with Crippen molar-refractivity contribution in [1.82, 2.24) is 5.32 Å². The molecule has 0 saturated carbocycles. The van der Waals surface area contributed by atoms with Gasteiger partial charge in [0.25, 0.3) is 0 Å². The lowest BCUT2D eigenvalue weighted by atomic mass is 10.1. The molecule has 0 rings (SSSR count). The summed E-state index contributed by atoms with van der Waals surface area (Å²) in [6.07, 6.45) is 2.19. The molecule has 0 saturated heterocycles. The minimum Gasteiger partial charge on any atom is -0.468 e. The molecule has 15 heavy (non-hydrogen) atoms. The van der Waals surface area contributed by atoms with Gasteiger partial charge >= 0.3 is 5.97 Å². The van der Waals surface area contributed by atoms with Crippen LogP contribution >= 0.6 is 0 Å². The Morgan fingerprint density at radius 2 is 2.07 bits per heavy atom. The molecule has 0 bridgehead atoms. The molecule has 1 atom stereocenters. The van der Waals surface area contributed by atoms with Crippen LogP contribution in [0.4, 0.5) is 0 Å². The van der Waals surface area contributed by atoms with Gasteiger partial charge in [-0.05, 0) is 25.8 Å².